The van der Waals surface area contributed by atoms with Gasteiger partial charge in [-0.15, -0.1) is 0 Å². The van der Waals surface area contributed by atoms with Crippen molar-refractivity contribution in [3.05, 3.63) is 90.0 Å². The molecule has 0 aliphatic rings. The standard InChI is InChI=1S/C23H26N4O2/c1-17(26-23(28)27(3)18(2)21-10-13-24-14-11-21)20-6-8-22(9-7-20)29-16-19-5-4-12-25-15-19/h4-15,17-18H,16H2,1-3H3,(H,26,28). The molecular formula is C23H26N4O2. The van der Waals surface area contributed by atoms with Crippen LogP contribution >= 0.6 is 0 Å². The van der Waals surface area contributed by atoms with Gasteiger partial charge in [-0.1, -0.05) is 18.2 Å². The van der Waals surface area contributed by atoms with Crippen LogP contribution < -0.4 is 10.1 Å². The molecule has 1 aromatic carbocycles. The van der Waals surface area contributed by atoms with Crippen molar-refractivity contribution < 1.29 is 9.53 Å². The summed E-state index contributed by atoms with van der Waals surface area (Å²) >= 11 is 0. The third-order valence-electron chi connectivity index (χ3n) is 4.94. The van der Waals surface area contributed by atoms with Crippen molar-refractivity contribution in [2.24, 2.45) is 0 Å². The highest BCUT2D eigenvalue weighted by Gasteiger charge is 2.19. The zero-order valence-electron chi connectivity index (χ0n) is 16.9. The fourth-order valence-electron chi connectivity index (χ4n) is 2.91. The number of rotatable bonds is 7. The molecule has 0 aliphatic heterocycles. The van der Waals surface area contributed by atoms with Gasteiger partial charge < -0.3 is 15.0 Å². The predicted octanol–water partition coefficient (Wildman–Crippen LogP) is 4.52. The number of ether oxygens (including phenoxy) is 1. The zero-order chi connectivity index (χ0) is 20.6. The fraction of sp³-hybridized carbons (Fsp3) is 0.261. The molecule has 0 saturated carbocycles. The van der Waals surface area contributed by atoms with Gasteiger partial charge in [-0.2, -0.15) is 0 Å². The number of carbonyl (C=O) groups excluding carboxylic acids is 1. The first-order valence-corrected chi connectivity index (χ1v) is 9.59. The molecule has 2 aromatic heterocycles. The molecule has 6 nitrogen and oxygen atoms in total. The largest absolute Gasteiger partial charge is 0.489 e. The Morgan fingerprint density at radius 2 is 1.72 bits per heavy atom. The zero-order valence-corrected chi connectivity index (χ0v) is 16.9. The smallest absolute Gasteiger partial charge is 0.318 e. The topological polar surface area (TPSA) is 67.4 Å². The van der Waals surface area contributed by atoms with E-state index in [1.807, 2.05) is 62.4 Å². The molecule has 2 amide bonds. The Labute approximate surface area is 171 Å². The van der Waals surface area contributed by atoms with Crippen LogP contribution in [0.2, 0.25) is 0 Å². The number of benzene rings is 1. The number of hydrogen-bond acceptors (Lipinski definition) is 4. The molecule has 2 heterocycles. The highest BCUT2D eigenvalue weighted by atomic mass is 16.5. The van der Waals surface area contributed by atoms with Gasteiger partial charge in [0.1, 0.15) is 12.4 Å². The SMILES string of the molecule is CC(NC(=O)N(C)C(C)c1ccncc1)c1ccc(OCc2cccnc2)cc1. The molecule has 29 heavy (non-hydrogen) atoms. The number of hydrogen-bond donors (Lipinski definition) is 1. The van der Waals surface area contributed by atoms with Crippen LogP contribution in [0.5, 0.6) is 5.75 Å². The lowest BCUT2D eigenvalue weighted by Crippen LogP contribution is -2.39. The Bertz CT molecular complexity index is 901. The lowest BCUT2D eigenvalue weighted by Gasteiger charge is -2.27. The summed E-state index contributed by atoms with van der Waals surface area (Å²) in [6, 6.07) is 15.2. The molecular weight excluding hydrogens is 364 g/mol. The summed E-state index contributed by atoms with van der Waals surface area (Å²) in [5.41, 5.74) is 3.07. The van der Waals surface area contributed by atoms with E-state index in [0.29, 0.717) is 6.61 Å². The lowest BCUT2D eigenvalue weighted by molar-refractivity contribution is 0.191. The first-order chi connectivity index (χ1) is 14.0. The Morgan fingerprint density at radius 3 is 2.38 bits per heavy atom. The van der Waals surface area contributed by atoms with Gasteiger partial charge in [0, 0.05) is 37.4 Å². The minimum Gasteiger partial charge on any atom is -0.489 e. The Kier molecular flexibility index (Phi) is 6.79. The van der Waals surface area contributed by atoms with Crippen molar-refractivity contribution >= 4 is 6.03 Å². The van der Waals surface area contributed by atoms with E-state index in [9.17, 15) is 4.79 Å². The van der Waals surface area contributed by atoms with E-state index in [1.165, 1.54) is 0 Å². The molecule has 0 radical (unpaired) electrons. The number of amides is 2. The summed E-state index contributed by atoms with van der Waals surface area (Å²) in [6.07, 6.45) is 6.99. The van der Waals surface area contributed by atoms with Gasteiger partial charge in [-0.3, -0.25) is 9.97 Å². The molecule has 0 saturated heterocycles. The molecule has 150 valence electrons. The molecule has 2 atom stereocenters. The maximum absolute atomic E-state index is 12.6. The summed E-state index contributed by atoms with van der Waals surface area (Å²) in [4.78, 5) is 22.4. The van der Waals surface area contributed by atoms with Crippen molar-refractivity contribution in [3.63, 3.8) is 0 Å². The normalized spacial score (nSPS) is 12.7. The van der Waals surface area contributed by atoms with Crippen LogP contribution in [0, 0.1) is 0 Å². The van der Waals surface area contributed by atoms with Crippen molar-refractivity contribution in [1.29, 1.82) is 0 Å². The molecule has 2 unspecified atom stereocenters. The second kappa shape index (κ2) is 9.68. The number of carbonyl (C=O) groups is 1. The monoisotopic (exact) mass is 390 g/mol. The number of nitrogens with one attached hydrogen (secondary N) is 1. The van der Waals surface area contributed by atoms with Gasteiger partial charge >= 0.3 is 6.03 Å². The summed E-state index contributed by atoms with van der Waals surface area (Å²) in [5, 5.41) is 3.05. The van der Waals surface area contributed by atoms with Gasteiger partial charge in [0.15, 0.2) is 0 Å². The molecule has 0 spiro atoms. The van der Waals surface area contributed by atoms with Gasteiger partial charge in [0.05, 0.1) is 12.1 Å². The van der Waals surface area contributed by atoms with Gasteiger partial charge in [-0.05, 0) is 55.3 Å². The fourth-order valence-corrected chi connectivity index (χ4v) is 2.91. The molecule has 6 heteroatoms. The van der Waals surface area contributed by atoms with Gasteiger partial charge in [0.25, 0.3) is 0 Å². The van der Waals surface area contributed by atoms with E-state index in [4.69, 9.17) is 4.74 Å². The summed E-state index contributed by atoms with van der Waals surface area (Å²) < 4.78 is 5.79. The second-order valence-corrected chi connectivity index (χ2v) is 6.96. The number of nitrogens with zero attached hydrogens (tertiary/aromatic N) is 3. The molecule has 0 aliphatic carbocycles. The lowest BCUT2D eigenvalue weighted by atomic mass is 10.1. The molecule has 0 bridgehead atoms. The molecule has 3 rings (SSSR count). The predicted molar refractivity (Wildman–Crippen MR) is 112 cm³/mol. The van der Waals surface area contributed by atoms with Gasteiger partial charge in [0.2, 0.25) is 0 Å². The van der Waals surface area contributed by atoms with E-state index in [1.54, 1.807) is 36.7 Å². The van der Waals surface area contributed by atoms with Crippen LogP contribution in [-0.2, 0) is 6.61 Å². The van der Waals surface area contributed by atoms with Crippen molar-refractivity contribution in [2.75, 3.05) is 7.05 Å². The highest BCUT2D eigenvalue weighted by Crippen LogP contribution is 2.21. The number of pyridine rings is 2. The summed E-state index contributed by atoms with van der Waals surface area (Å²) in [7, 11) is 1.79. The summed E-state index contributed by atoms with van der Waals surface area (Å²) in [5.74, 6) is 0.777. The van der Waals surface area contributed by atoms with Crippen LogP contribution in [0.15, 0.2) is 73.3 Å². The third-order valence-corrected chi connectivity index (χ3v) is 4.94. The average Bonchev–Trinajstić information content (AvgIpc) is 2.78. The minimum atomic E-state index is -0.126. The maximum Gasteiger partial charge on any atom is 0.318 e. The van der Waals surface area contributed by atoms with E-state index < -0.39 is 0 Å². The highest BCUT2D eigenvalue weighted by molar-refractivity contribution is 5.75. The molecule has 3 aromatic rings. The summed E-state index contributed by atoms with van der Waals surface area (Å²) in [6.45, 7) is 4.43. The quantitative estimate of drug-likeness (QED) is 0.644. The van der Waals surface area contributed by atoms with Crippen LogP contribution in [-0.4, -0.2) is 27.9 Å². The number of aromatic nitrogens is 2. The van der Waals surface area contributed by atoms with Crippen molar-refractivity contribution in [3.8, 4) is 5.75 Å². The van der Waals surface area contributed by atoms with Crippen LogP contribution in [0.4, 0.5) is 4.79 Å². The van der Waals surface area contributed by atoms with Crippen LogP contribution in [0.1, 0.15) is 42.6 Å². The van der Waals surface area contributed by atoms with Crippen LogP contribution in [0.25, 0.3) is 0 Å². The van der Waals surface area contributed by atoms with Crippen LogP contribution in [0.3, 0.4) is 0 Å². The Balaban J connectivity index is 1.54. The number of urea groups is 1. The van der Waals surface area contributed by atoms with Crippen molar-refractivity contribution in [1.82, 2.24) is 20.2 Å². The average molecular weight is 390 g/mol. The van der Waals surface area contributed by atoms with E-state index in [0.717, 1.165) is 22.4 Å². The minimum absolute atomic E-state index is 0.0477. The van der Waals surface area contributed by atoms with E-state index >= 15 is 0 Å². The van der Waals surface area contributed by atoms with E-state index in [2.05, 4.69) is 15.3 Å². The first kappa shape index (κ1) is 20.3. The van der Waals surface area contributed by atoms with Crippen molar-refractivity contribution in [2.45, 2.75) is 32.5 Å². The van der Waals surface area contributed by atoms with E-state index in [-0.39, 0.29) is 18.1 Å². The maximum atomic E-state index is 12.6. The molecule has 1 N–H and O–H groups in total. The molecule has 0 fully saturated rings. The Hall–Kier alpha value is -3.41. The third kappa shape index (κ3) is 5.54. The second-order valence-electron chi connectivity index (χ2n) is 6.96. The Morgan fingerprint density at radius 1 is 1.00 bits per heavy atom. The first-order valence-electron chi connectivity index (χ1n) is 9.59. The van der Waals surface area contributed by atoms with Gasteiger partial charge in [-0.25, -0.2) is 4.79 Å².